The molecule has 0 amide bonds. The molecule has 0 bridgehead atoms. The molecule has 5 heavy (non-hydrogen) atoms. The molecule has 0 fully saturated rings. The van der Waals surface area contributed by atoms with Crippen molar-refractivity contribution in [2.24, 2.45) is 0 Å². The van der Waals surface area contributed by atoms with Crippen molar-refractivity contribution in [1.29, 1.82) is 0 Å². The minimum atomic E-state index is 0. The first-order chi connectivity index (χ1) is 1.91. The zero-order chi connectivity index (χ0) is 3.41. The van der Waals surface area contributed by atoms with Crippen LogP contribution in [0, 0.1) is 37.7 Å². The van der Waals surface area contributed by atoms with Crippen LogP contribution in [0.2, 0.25) is 0 Å². The Morgan fingerprint density at radius 2 is 1.20 bits per heavy atom. The fourth-order valence-corrected chi connectivity index (χ4v) is 0. The van der Waals surface area contributed by atoms with E-state index < -0.39 is 0 Å². The number of hydrogen-bond donors (Lipinski definition) is 0. The molecule has 0 aliphatic heterocycles. The van der Waals surface area contributed by atoms with Crippen LogP contribution in [-0.2, 0) is 0 Å². The van der Waals surface area contributed by atoms with Crippen LogP contribution >= 0.6 is 23.2 Å². The minimum Gasteiger partial charge on any atom is -0.125 e. The molecule has 0 heterocycles. The summed E-state index contributed by atoms with van der Waals surface area (Å²) in [6.45, 7) is 0. The molecular formula is C2H4ArCl2. The standard InChI is InChI=1S/C2H4Cl2.Ar/c3-1-2-4;/h1-2H2;. The molecule has 0 saturated carbocycles. The van der Waals surface area contributed by atoms with Gasteiger partial charge in [0.05, 0.1) is 0 Å². The van der Waals surface area contributed by atoms with Gasteiger partial charge in [0.2, 0.25) is 0 Å². The maximum Gasteiger partial charge on any atom is 0.0359 e. The summed E-state index contributed by atoms with van der Waals surface area (Å²) in [5.74, 6) is 1.11. The maximum atomic E-state index is 5.05. The minimum absolute atomic E-state index is 0. The Balaban J connectivity index is 0. The zero-order valence-electron chi connectivity index (χ0n) is 2.52. The Morgan fingerprint density at radius 3 is 1.20 bits per heavy atom. The van der Waals surface area contributed by atoms with Gasteiger partial charge in [-0.3, -0.25) is 0 Å². The number of halogens is 2. The van der Waals surface area contributed by atoms with E-state index in [1.165, 1.54) is 0 Å². The zero-order valence-corrected chi connectivity index (χ0v) is 4.74. The molecule has 0 aromatic rings. The second kappa shape index (κ2) is 9.28. The van der Waals surface area contributed by atoms with Crippen molar-refractivity contribution in [1.82, 2.24) is 0 Å². The van der Waals surface area contributed by atoms with E-state index in [-0.39, 0.29) is 37.7 Å². The predicted octanol–water partition coefficient (Wildman–Crippen LogP) is 1.46. The SMILES string of the molecule is ClCCCl.[Ar]. The van der Waals surface area contributed by atoms with Gasteiger partial charge in [0.15, 0.2) is 0 Å². The van der Waals surface area contributed by atoms with E-state index in [0.29, 0.717) is 11.8 Å². The van der Waals surface area contributed by atoms with E-state index in [1.807, 2.05) is 0 Å². The summed E-state index contributed by atoms with van der Waals surface area (Å²) in [5.41, 5.74) is 0. The summed E-state index contributed by atoms with van der Waals surface area (Å²) in [7, 11) is 0. The van der Waals surface area contributed by atoms with Crippen LogP contribution in [0.3, 0.4) is 0 Å². The third-order valence-electron chi connectivity index (χ3n) is 0.0714. The van der Waals surface area contributed by atoms with E-state index in [0.717, 1.165) is 0 Å². The van der Waals surface area contributed by atoms with Crippen molar-refractivity contribution in [3.8, 4) is 0 Å². The van der Waals surface area contributed by atoms with E-state index in [2.05, 4.69) is 0 Å². The van der Waals surface area contributed by atoms with E-state index in [1.54, 1.807) is 0 Å². The van der Waals surface area contributed by atoms with Gasteiger partial charge < -0.3 is 0 Å². The fourth-order valence-electron chi connectivity index (χ4n) is 0. The van der Waals surface area contributed by atoms with Crippen molar-refractivity contribution in [2.45, 2.75) is 0 Å². The monoisotopic (exact) mass is 138 g/mol. The maximum absolute atomic E-state index is 5.05. The third kappa shape index (κ3) is 10.7. The molecule has 3 heteroatoms. The van der Waals surface area contributed by atoms with E-state index in [9.17, 15) is 0 Å². The van der Waals surface area contributed by atoms with Crippen LogP contribution in [-0.4, -0.2) is 11.8 Å². The molecular weight excluding hydrogens is 135 g/mol. The van der Waals surface area contributed by atoms with Gasteiger partial charge in [-0.25, -0.2) is 0 Å². The first-order valence-corrected chi connectivity index (χ1v) is 2.10. The van der Waals surface area contributed by atoms with Crippen molar-refractivity contribution < 1.29 is 37.7 Å². The first-order valence-electron chi connectivity index (χ1n) is 1.03. The van der Waals surface area contributed by atoms with Crippen LogP contribution in [0.1, 0.15) is 0 Å². The first kappa shape index (κ1) is 9.96. The molecule has 0 aromatic carbocycles. The van der Waals surface area contributed by atoms with Crippen molar-refractivity contribution in [3.05, 3.63) is 0 Å². The van der Waals surface area contributed by atoms with E-state index in [4.69, 9.17) is 23.2 Å². The Hall–Kier alpha value is 1.84. The Morgan fingerprint density at radius 1 is 1.00 bits per heavy atom. The Labute approximate surface area is 71.8 Å². The summed E-state index contributed by atoms with van der Waals surface area (Å²) in [6.07, 6.45) is 0. The van der Waals surface area contributed by atoms with Gasteiger partial charge in [-0.05, 0) is 0 Å². The quantitative estimate of drug-likeness (QED) is 0.482. The molecule has 0 aliphatic rings. The topological polar surface area (TPSA) is 0 Å². The summed E-state index contributed by atoms with van der Waals surface area (Å²) < 4.78 is 0. The smallest absolute Gasteiger partial charge is 0.0359 e. The van der Waals surface area contributed by atoms with Crippen LogP contribution in [0.5, 0.6) is 0 Å². The molecule has 34 valence electrons. The molecule has 0 unspecified atom stereocenters. The van der Waals surface area contributed by atoms with Crippen LogP contribution in [0.4, 0.5) is 0 Å². The van der Waals surface area contributed by atoms with Crippen LogP contribution in [0.25, 0.3) is 0 Å². The predicted molar refractivity (Wildman–Crippen MR) is 21.4 cm³/mol. The number of hydrogen-bond acceptors (Lipinski definition) is 0. The van der Waals surface area contributed by atoms with Crippen LogP contribution < -0.4 is 0 Å². The molecule has 0 atom stereocenters. The molecule has 0 spiro atoms. The average Bonchev–Trinajstić information content (AvgIpc) is 1.37. The second-order valence-electron chi connectivity index (χ2n) is 0.378. The van der Waals surface area contributed by atoms with Crippen molar-refractivity contribution >= 4 is 23.2 Å². The van der Waals surface area contributed by atoms with Gasteiger partial charge in [0.1, 0.15) is 0 Å². The van der Waals surface area contributed by atoms with Gasteiger partial charge in [0.25, 0.3) is 0 Å². The number of rotatable bonds is 1. The molecule has 0 radical (unpaired) electrons. The third-order valence-corrected chi connectivity index (χ3v) is 0.643. The fraction of sp³-hybridized carbons (Fsp3) is 1.00. The van der Waals surface area contributed by atoms with Crippen LogP contribution in [0.15, 0.2) is 0 Å². The Kier molecular flexibility index (Phi) is 18.5. The number of alkyl halides is 2. The van der Waals surface area contributed by atoms with E-state index >= 15 is 0 Å². The normalized spacial score (nSPS) is 6.00. The summed E-state index contributed by atoms with van der Waals surface area (Å²) in [6, 6.07) is 0. The van der Waals surface area contributed by atoms with Crippen molar-refractivity contribution in [2.75, 3.05) is 11.8 Å². The molecule has 0 aromatic heterocycles. The molecule has 0 rings (SSSR count). The largest absolute Gasteiger partial charge is 0.125 e. The Bertz CT molecular complexity index is 9.61. The molecule has 0 saturated heterocycles. The van der Waals surface area contributed by atoms with Gasteiger partial charge >= 0.3 is 0 Å². The van der Waals surface area contributed by atoms with Gasteiger partial charge in [-0.15, -0.1) is 23.2 Å². The van der Waals surface area contributed by atoms with Crippen molar-refractivity contribution in [3.63, 3.8) is 0 Å². The summed E-state index contributed by atoms with van der Waals surface area (Å²) >= 11 is 10.1. The average molecular weight is 139 g/mol. The van der Waals surface area contributed by atoms with Gasteiger partial charge in [0, 0.05) is 49.5 Å². The molecule has 0 N–H and O–H groups in total. The molecule has 0 aliphatic carbocycles. The van der Waals surface area contributed by atoms with Gasteiger partial charge in [-0.2, -0.15) is 0 Å². The summed E-state index contributed by atoms with van der Waals surface area (Å²) in [5, 5.41) is 0. The molecule has 0 nitrogen and oxygen atoms in total. The summed E-state index contributed by atoms with van der Waals surface area (Å²) in [4.78, 5) is 0. The van der Waals surface area contributed by atoms with Gasteiger partial charge in [-0.1, -0.05) is 0 Å². The second-order valence-corrected chi connectivity index (χ2v) is 1.13.